The Labute approximate surface area is 101 Å². The summed E-state index contributed by atoms with van der Waals surface area (Å²) in [5, 5.41) is 2.29. The van der Waals surface area contributed by atoms with Crippen LogP contribution in [0.5, 0.6) is 11.5 Å². The van der Waals surface area contributed by atoms with Crippen LogP contribution in [-0.4, -0.2) is 25.7 Å². The van der Waals surface area contributed by atoms with Crippen molar-refractivity contribution in [3.63, 3.8) is 0 Å². The molecule has 100 valence electrons. The van der Waals surface area contributed by atoms with Gasteiger partial charge in [0.2, 0.25) is 6.79 Å². The molecule has 0 fully saturated rings. The minimum atomic E-state index is -4.03. The molecule has 0 amide bonds. The van der Waals surface area contributed by atoms with E-state index >= 15 is 0 Å². The third-order valence-corrected chi connectivity index (χ3v) is 2.47. The molecule has 0 saturated heterocycles. The summed E-state index contributed by atoms with van der Waals surface area (Å²) in [6.45, 7) is -1.01. The van der Waals surface area contributed by atoms with Gasteiger partial charge in [-0.15, -0.1) is 0 Å². The Kier molecular flexibility index (Phi) is 3.60. The fourth-order valence-electron chi connectivity index (χ4n) is 1.57. The number of nitrogens with one attached hydrogen (secondary N) is 1. The first-order valence-electron chi connectivity index (χ1n) is 5.25. The van der Waals surface area contributed by atoms with Crippen LogP contribution in [0.1, 0.15) is 5.56 Å². The molecule has 7 heteroatoms. The number of para-hydroxylation sites is 1. The lowest BCUT2D eigenvalue weighted by molar-refractivity contribution is -0.125. The van der Waals surface area contributed by atoms with Crippen LogP contribution in [0, 0.1) is 0 Å². The zero-order chi connectivity index (χ0) is 13.2. The van der Waals surface area contributed by atoms with E-state index in [0.717, 1.165) is 0 Å². The first-order valence-corrected chi connectivity index (χ1v) is 5.25. The second-order valence-corrected chi connectivity index (χ2v) is 3.82. The quantitative estimate of drug-likeness (QED) is 0.829. The molecule has 0 aliphatic carbocycles. The van der Waals surface area contributed by atoms with E-state index in [4.69, 9.17) is 9.47 Å². The number of halogens is 4. The van der Waals surface area contributed by atoms with E-state index in [1.807, 2.05) is 0 Å². The molecule has 0 saturated carbocycles. The van der Waals surface area contributed by atoms with Gasteiger partial charge in [0, 0.05) is 12.1 Å². The summed E-state index contributed by atoms with van der Waals surface area (Å²) in [7, 11) is 0. The second-order valence-electron chi connectivity index (χ2n) is 3.82. The monoisotopic (exact) mass is 265 g/mol. The molecule has 3 nitrogen and oxygen atoms in total. The highest BCUT2D eigenvalue weighted by Gasteiger charge is 2.40. The van der Waals surface area contributed by atoms with Gasteiger partial charge in [0.1, 0.15) is 0 Å². The van der Waals surface area contributed by atoms with Crippen LogP contribution in [0.25, 0.3) is 0 Å². The van der Waals surface area contributed by atoms with Crippen LogP contribution in [0.15, 0.2) is 18.2 Å². The molecule has 1 aromatic rings. The summed E-state index contributed by atoms with van der Waals surface area (Å²) >= 11 is 0. The number of benzene rings is 1. The Bertz CT molecular complexity index is 426. The average Bonchev–Trinajstić information content (AvgIpc) is 2.77. The first-order chi connectivity index (χ1) is 8.50. The third-order valence-electron chi connectivity index (χ3n) is 2.47. The van der Waals surface area contributed by atoms with Crippen molar-refractivity contribution in [1.29, 1.82) is 0 Å². The summed E-state index contributed by atoms with van der Waals surface area (Å²) in [6.07, 6.45) is -3.67. The van der Waals surface area contributed by atoms with E-state index < -0.39 is 18.9 Å². The smallest absolute Gasteiger partial charge is 0.319 e. The van der Waals surface area contributed by atoms with Gasteiger partial charge in [-0.3, -0.25) is 0 Å². The van der Waals surface area contributed by atoms with Crippen LogP contribution >= 0.6 is 0 Å². The molecule has 1 aliphatic rings. The summed E-state index contributed by atoms with van der Waals surface area (Å²) in [5.74, 6) is -3.05. The molecule has 0 unspecified atom stereocenters. The number of alkyl halides is 4. The Morgan fingerprint density at radius 2 is 2.06 bits per heavy atom. The van der Waals surface area contributed by atoms with E-state index in [2.05, 4.69) is 5.32 Å². The molecule has 1 aromatic carbocycles. The number of rotatable bonds is 5. The Balaban J connectivity index is 1.94. The molecule has 0 aromatic heterocycles. The maximum absolute atomic E-state index is 12.7. The molecule has 0 spiro atoms. The number of ether oxygens (including phenoxy) is 2. The maximum atomic E-state index is 12.7. The molecular weight excluding hydrogens is 254 g/mol. The highest BCUT2D eigenvalue weighted by molar-refractivity contribution is 5.48. The molecule has 18 heavy (non-hydrogen) atoms. The molecular formula is C11H11F4NO2. The van der Waals surface area contributed by atoms with Crippen molar-refractivity contribution < 1.29 is 27.0 Å². The molecule has 1 heterocycles. The van der Waals surface area contributed by atoms with Crippen LogP contribution in [-0.2, 0) is 6.54 Å². The lowest BCUT2D eigenvalue weighted by Crippen LogP contribution is -2.38. The minimum absolute atomic E-state index is 0.00877. The SMILES string of the molecule is FC(F)C(F)(F)CNCc1cccc2c1OCO2. The largest absolute Gasteiger partial charge is 0.454 e. The van der Waals surface area contributed by atoms with Crippen molar-refractivity contribution in [3.05, 3.63) is 23.8 Å². The zero-order valence-corrected chi connectivity index (χ0v) is 9.26. The maximum Gasteiger partial charge on any atom is 0.319 e. The van der Waals surface area contributed by atoms with Crippen LogP contribution in [0.2, 0.25) is 0 Å². The molecule has 1 N–H and O–H groups in total. The van der Waals surface area contributed by atoms with Gasteiger partial charge in [0.05, 0.1) is 6.54 Å². The highest BCUT2D eigenvalue weighted by Crippen LogP contribution is 2.35. The Morgan fingerprint density at radius 3 is 2.78 bits per heavy atom. The topological polar surface area (TPSA) is 30.5 Å². The normalized spacial score (nSPS) is 14.3. The lowest BCUT2D eigenvalue weighted by Gasteiger charge is -2.16. The van der Waals surface area contributed by atoms with Gasteiger partial charge in [-0.1, -0.05) is 12.1 Å². The molecule has 1 aliphatic heterocycles. The van der Waals surface area contributed by atoms with Crippen molar-refractivity contribution in [3.8, 4) is 11.5 Å². The van der Waals surface area contributed by atoms with E-state index in [9.17, 15) is 17.6 Å². The predicted molar refractivity (Wildman–Crippen MR) is 55.2 cm³/mol. The van der Waals surface area contributed by atoms with E-state index in [1.54, 1.807) is 18.2 Å². The first kappa shape index (κ1) is 12.9. The van der Waals surface area contributed by atoms with E-state index in [0.29, 0.717) is 17.1 Å². The van der Waals surface area contributed by atoms with Crippen molar-refractivity contribution in [1.82, 2.24) is 5.32 Å². The zero-order valence-electron chi connectivity index (χ0n) is 9.26. The number of hydrogen-bond acceptors (Lipinski definition) is 3. The van der Waals surface area contributed by atoms with Gasteiger partial charge >= 0.3 is 12.3 Å². The fraction of sp³-hybridized carbons (Fsp3) is 0.455. The standard InChI is InChI=1S/C11H11F4NO2/c12-10(13)11(14,15)5-16-4-7-2-1-3-8-9(7)18-6-17-8/h1-3,10,16H,4-6H2. The van der Waals surface area contributed by atoms with E-state index in [1.165, 1.54) is 0 Å². The predicted octanol–water partition coefficient (Wildman–Crippen LogP) is 2.41. The fourth-order valence-corrected chi connectivity index (χ4v) is 1.57. The lowest BCUT2D eigenvalue weighted by atomic mass is 10.2. The van der Waals surface area contributed by atoms with Gasteiger partial charge < -0.3 is 14.8 Å². The second kappa shape index (κ2) is 5.01. The van der Waals surface area contributed by atoms with Crippen LogP contribution < -0.4 is 14.8 Å². The summed E-state index contributed by atoms with van der Waals surface area (Å²) in [5.41, 5.74) is 0.593. The summed E-state index contributed by atoms with van der Waals surface area (Å²) in [6, 6.07) is 5.01. The van der Waals surface area contributed by atoms with Gasteiger partial charge in [-0.2, -0.15) is 8.78 Å². The van der Waals surface area contributed by atoms with Crippen molar-refractivity contribution in [2.45, 2.75) is 18.9 Å². The molecule has 0 radical (unpaired) electrons. The van der Waals surface area contributed by atoms with Crippen molar-refractivity contribution >= 4 is 0 Å². The van der Waals surface area contributed by atoms with E-state index in [-0.39, 0.29) is 13.3 Å². The number of hydrogen-bond donors (Lipinski definition) is 1. The molecule has 0 atom stereocenters. The Morgan fingerprint density at radius 1 is 1.28 bits per heavy atom. The van der Waals surface area contributed by atoms with Crippen molar-refractivity contribution in [2.75, 3.05) is 13.3 Å². The average molecular weight is 265 g/mol. The van der Waals surface area contributed by atoms with Crippen LogP contribution in [0.3, 0.4) is 0 Å². The summed E-state index contributed by atoms with van der Waals surface area (Å²) < 4.78 is 59.4. The minimum Gasteiger partial charge on any atom is -0.454 e. The number of fused-ring (bicyclic) bond motifs is 1. The summed E-state index contributed by atoms with van der Waals surface area (Å²) in [4.78, 5) is 0. The molecule has 0 bridgehead atoms. The third kappa shape index (κ3) is 2.66. The highest BCUT2D eigenvalue weighted by atomic mass is 19.3. The van der Waals surface area contributed by atoms with Gasteiger partial charge in [-0.25, -0.2) is 8.78 Å². The van der Waals surface area contributed by atoms with Gasteiger partial charge in [-0.05, 0) is 6.07 Å². The van der Waals surface area contributed by atoms with Crippen molar-refractivity contribution in [2.24, 2.45) is 0 Å². The molecule has 2 rings (SSSR count). The van der Waals surface area contributed by atoms with Gasteiger partial charge in [0.25, 0.3) is 0 Å². The van der Waals surface area contributed by atoms with Crippen LogP contribution in [0.4, 0.5) is 17.6 Å². The van der Waals surface area contributed by atoms with Gasteiger partial charge in [0.15, 0.2) is 11.5 Å². The Hall–Kier alpha value is -1.50.